The van der Waals surface area contributed by atoms with Gasteiger partial charge in [-0.05, 0) is 63.6 Å². The van der Waals surface area contributed by atoms with Crippen molar-refractivity contribution in [2.75, 3.05) is 31.1 Å². The van der Waals surface area contributed by atoms with Gasteiger partial charge in [0, 0.05) is 40.8 Å². The lowest BCUT2D eigenvalue weighted by Gasteiger charge is -2.42. The molecule has 3 aromatic rings. The standard InChI is InChI=1S/C25H30Cl2N4O3/c1-16(21-8-6-18(26)11-22(21)27)31-23-12-19(7-5-17(23)13-28-31)29-9-10-30(20(14-29)15-32)24(33)34-25(2,3)4/h5-8,11-13,16,20,32H,9-10,14-15H2,1-4H3/t16?,20-/m0/s1. The Labute approximate surface area is 209 Å². The van der Waals surface area contributed by atoms with Crippen LogP contribution < -0.4 is 4.90 Å². The van der Waals surface area contributed by atoms with Crippen LogP contribution in [0.2, 0.25) is 10.0 Å². The van der Waals surface area contributed by atoms with E-state index in [0.717, 1.165) is 22.2 Å². The first-order chi connectivity index (χ1) is 16.1. The molecule has 0 saturated carbocycles. The molecule has 1 aliphatic rings. The zero-order valence-corrected chi connectivity index (χ0v) is 21.3. The van der Waals surface area contributed by atoms with Crippen LogP contribution in [0.5, 0.6) is 0 Å². The second-order valence-electron chi connectivity index (χ2n) is 9.63. The van der Waals surface area contributed by atoms with Crippen molar-refractivity contribution in [3.63, 3.8) is 0 Å². The summed E-state index contributed by atoms with van der Waals surface area (Å²) in [5.41, 5.74) is 2.34. The van der Waals surface area contributed by atoms with Crippen LogP contribution in [-0.4, -0.2) is 63.8 Å². The number of piperazine rings is 1. The first-order valence-electron chi connectivity index (χ1n) is 11.3. The van der Waals surface area contributed by atoms with E-state index in [2.05, 4.69) is 23.0 Å². The SMILES string of the molecule is CC(c1ccc(Cl)cc1Cl)n1ncc2ccc(N3CCN(C(=O)OC(C)(C)C)[C@H](CO)C3)cc21. The Hall–Kier alpha value is -2.48. The number of carbonyl (C=O) groups excluding carboxylic acids is 1. The molecule has 0 spiro atoms. The van der Waals surface area contributed by atoms with E-state index >= 15 is 0 Å². The molecule has 1 amide bonds. The van der Waals surface area contributed by atoms with E-state index in [1.54, 1.807) is 11.0 Å². The van der Waals surface area contributed by atoms with Gasteiger partial charge in [0.05, 0.1) is 30.4 Å². The summed E-state index contributed by atoms with van der Waals surface area (Å²) in [6, 6.07) is 11.2. The Morgan fingerprint density at radius 3 is 2.65 bits per heavy atom. The number of aromatic nitrogens is 2. The summed E-state index contributed by atoms with van der Waals surface area (Å²) in [5, 5.41) is 16.8. The van der Waals surface area contributed by atoms with Gasteiger partial charge in [-0.15, -0.1) is 0 Å². The van der Waals surface area contributed by atoms with Gasteiger partial charge in [0.25, 0.3) is 0 Å². The fourth-order valence-corrected chi connectivity index (χ4v) is 4.88. The fraction of sp³-hybridized carbons (Fsp3) is 0.440. The number of ether oxygens (including phenoxy) is 1. The highest BCUT2D eigenvalue weighted by atomic mass is 35.5. The monoisotopic (exact) mass is 504 g/mol. The van der Waals surface area contributed by atoms with Gasteiger partial charge in [-0.1, -0.05) is 29.3 Å². The Kier molecular flexibility index (Phi) is 6.99. The topological polar surface area (TPSA) is 70.8 Å². The van der Waals surface area contributed by atoms with Gasteiger partial charge in [0.15, 0.2) is 0 Å². The van der Waals surface area contributed by atoms with Crippen molar-refractivity contribution >= 4 is 45.9 Å². The van der Waals surface area contributed by atoms with E-state index in [0.29, 0.717) is 29.7 Å². The molecule has 1 unspecified atom stereocenters. The Morgan fingerprint density at radius 2 is 1.97 bits per heavy atom. The highest BCUT2D eigenvalue weighted by Crippen LogP contribution is 2.32. The molecule has 0 aliphatic carbocycles. The van der Waals surface area contributed by atoms with Gasteiger partial charge < -0.3 is 14.7 Å². The summed E-state index contributed by atoms with van der Waals surface area (Å²) in [6.07, 6.45) is 1.45. The Balaban J connectivity index is 1.58. The van der Waals surface area contributed by atoms with E-state index in [9.17, 15) is 9.90 Å². The van der Waals surface area contributed by atoms with Crippen molar-refractivity contribution in [2.45, 2.75) is 45.4 Å². The molecule has 1 aliphatic heterocycles. The van der Waals surface area contributed by atoms with Crippen molar-refractivity contribution < 1.29 is 14.6 Å². The molecule has 2 heterocycles. The number of amides is 1. The summed E-state index contributed by atoms with van der Waals surface area (Å²) in [4.78, 5) is 16.4. The molecule has 34 heavy (non-hydrogen) atoms. The molecule has 0 radical (unpaired) electrons. The predicted molar refractivity (Wildman–Crippen MR) is 136 cm³/mol. The Bertz CT molecular complexity index is 1190. The zero-order chi connectivity index (χ0) is 24.6. The van der Waals surface area contributed by atoms with Crippen LogP contribution in [0.1, 0.15) is 39.3 Å². The minimum atomic E-state index is -0.582. The number of fused-ring (bicyclic) bond motifs is 1. The number of hydrogen-bond donors (Lipinski definition) is 1. The lowest BCUT2D eigenvalue weighted by molar-refractivity contribution is 0.00704. The predicted octanol–water partition coefficient (Wildman–Crippen LogP) is 5.37. The third kappa shape index (κ3) is 5.11. The van der Waals surface area contributed by atoms with E-state index in [1.165, 1.54) is 0 Å². The summed E-state index contributed by atoms with van der Waals surface area (Å²) in [5.74, 6) is 0. The number of nitrogens with zero attached hydrogens (tertiary/aromatic N) is 4. The first-order valence-corrected chi connectivity index (χ1v) is 12.1. The van der Waals surface area contributed by atoms with E-state index in [4.69, 9.17) is 27.9 Å². The molecule has 1 N–H and O–H groups in total. The summed E-state index contributed by atoms with van der Waals surface area (Å²) in [6.45, 7) is 9.04. The summed E-state index contributed by atoms with van der Waals surface area (Å²) in [7, 11) is 0. The molecule has 7 nitrogen and oxygen atoms in total. The molecule has 1 fully saturated rings. The molecule has 1 aromatic heterocycles. The van der Waals surface area contributed by atoms with Crippen LogP contribution in [-0.2, 0) is 4.74 Å². The highest BCUT2D eigenvalue weighted by Gasteiger charge is 2.33. The van der Waals surface area contributed by atoms with Gasteiger partial charge in [0.2, 0.25) is 0 Å². The number of halogens is 2. The molecule has 2 atom stereocenters. The normalized spacial score (nSPS) is 17.8. The van der Waals surface area contributed by atoms with Crippen LogP contribution in [0.3, 0.4) is 0 Å². The van der Waals surface area contributed by atoms with Gasteiger partial charge in [-0.25, -0.2) is 4.79 Å². The molecular formula is C25H30Cl2N4O3. The van der Waals surface area contributed by atoms with Gasteiger partial charge >= 0.3 is 6.09 Å². The van der Waals surface area contributed by atoms with Crippen LogP contribution in [0.25, 0.3) is 10.9 Å². The number of rotatable bonds is 4. The van der Waals surface area contributed by atoms with Crippen LogP contribution in [0.4, 0.5) is 10.5 Å². The molecule has 9 heteroatoms. The minimum Gasteiger partial charge on any atom is -0.444 e. The maximum atomic E-state index is 12.6. The quantitative estimate of drug-likeness (QED) is 0.516. The number of anilines is 1. The number of carbonyl (C=O) groups is 1. The van der Waals surface area contributed by atoms with E-state index in [-0.39, 0.29) is 18.7 Å². The molecule has 2 aromatic carbocycles. The summed E-state index contributed by atoms with van der Waals surface area (Å²) >= 11 is 12.5. The maximum absolute atomic E-state index is 12.6. The molecule has 4 rings (SSSR count). The van der Waals surface area contributed by atoms with Gasteiger partial charge in [-0.2, -0.15) is 5.10 Å². The molecule has 0 bridgehead atoms. The van der Waals surface area contributed by atoms with Crippen LogP contribution >= 0.6 is 23.2 Å². The second kappa shape index (κ2) is 9.64. The zero-order valence-electron chi connectivity index (χ0n) is 19.8. The van der Waals surface area contributed by atoms with Crippen molar-refractivity contribution in [3.8, 4) is 0 Å². The lowest BCUT2D eigenvalue weighted by Crippen LogP contribution is -2.57. The summed E-state index contributed by atoms with van der Waals surface area (Å²) < 4.78 is 7.48. The van der Waals surface area contributed by atoms with Crippen molar-refractivity contribution in [3.05, 3.63) is 58.2 Å². The van der Waals surface area contributed by atoms with Crippen LogP contribution in [0, 0.1) is 0 Å². The fourth-order valence-electron chi connectivity index (χ4n) is 4.31. The second-order valence-corrected chi connectivity index (χ2v) is 10.5. The van der Waals surface area contributed by atoms with Crippen molar-refractivity contribution in [2.24, 2.45) is 0 Å². The largest absolute Gasteiger partial charge is 0.444 e. The first kappa shape index (κ1) is 24.6. The third-order valence-corrected chi connectivity index (χ3v) is 6.61. The molecular weight excluding hydrogens is 475 g/mol. The minimum absolute atomic E-state index is 0.0910. The van der Waals surface area contributed by atoms with E-state index in [1.807, 2.05) is 55.9 Å². The number of aliphatic hydroxyl groups is 1. The highest BCUT2D eigenvalue weighted by molar-refractivity contribution is 6.35. The van der Waals surface area contributed by atoms with Crippen molar-refractivity contribution in [1.82, 2.24) is 14.7 Å². The van der Waals surface area contributed by atoms with Crippen molar-refractivity contribution in [1.29, 1.82) is 0 Å². The third-order valence-electron chi connectivity index (χ3n) is 6.05. The molecule has 182 valence electrons. The average Bonchev–Trinajstić information content (AvgIpc) is 3.20. The Morgan fingerprint density at radius 1 is 1.21 bits per heavy atom. The molecule has 1 saturated heterocycles. The van der Waals surface area contributed by atoms with Gasteiger partial charge in [-0.3, -0.25) is 9.58 Å². The van der Waals surface area contributed by atoms with E-state index < -0.39 is 11.7 Å². The number of aliphatic hydroxyl groups excluding tert-OH is 1. The van der Waals surface area contributed by atoms with Gasteiger partial charge in [0.1, 0.15) is 5.60 Å². The lowest BCUT2D eigenvalue weighted by atomic mass is 10.1. The maximum Gasteiger partial charge on any atom is 0.410 e. The smallest absolute Gasteiger partial charge is 0.410 e. The number of benzene rings is 2. The number of hydrogen-bond acceptors (Lipinski definition) is 5. The average molecular weight is 505 g/mol. The van der Waals surface area contributed by atoms with Crippen LogP contribution in [0.15, 0.2) is 42.6 Å².